The Morgan fingerprint density at radius 3 is 2.93 bits per heavy atom. The van der Waals surface area contributed by atoms with Gasteiger partial charge in [0.2, 0.25) is 11.0 Å². The number of thioether (sulfide) groups is 1. The van der Waals surface area contributed by atoms with Crippen molar-refractivity contribution in [3.05, 3.63) is 24.3 Å². The summed E-state index contributed by atoms with van der Waals surface area (Å²) < 4.78 is 11.7. The summed E-state index contributed by atoms with van der Waals surface area (Å²) in [5.41, 5.74) is 0.743. The number of rotatable bonds is 9. The van der Waals surface area contributed by atoms with Gasteiger partial charge >= 0.3 is 0 Å². The maximum absolute atomic E-state index is 12.4. The molecule has 1 fully saturated rings. The van der Waals surface area contributed by atoms with E-state index in [1.165, 1.54) is 23.1 Å². The third-order valence-electron chi connectivity index (χ3n) is 3.99. The van der Waals surface area contributed by atoms with Crippen molar-refractivity contribution in [1.82, 2.24) is 10.2 Å². The van der Waals surface area contributed by atoms with Crippen LogP contribution in [0.25, 0.3) is 0 Å². The number of nitrogens with zero attached hydrogens (tertiary/aromatic N) is 2. The number of benzene rings is 1. The summed E-state index contributed by atoms with van der Waals surface area (Å²) >= 11 is 2.85. The van der Waals surface area contributed by atoms with Crippen LogP contribution in [0, 0.1) is 0 Å². The zero-order valence-corrected chi connectivity index (χ0v) is 17.1. The van der Waals surface area contributed by atoms with Crippen LogP contribution in [0.15, 0.2) is 28.6 Å². The van der Waals surface area contributed by atoms with Crippen molar-refractivity contribution in [3.63, 3.8) is 0 Å². The molecule has 2 N–H and O–H groups in total. The Balaban J connectivity index is 1.46. The van der Waals surface area contributed by atoms with E-state index in [-0.39, 0.29) is 17.3 Å². The molecule has 27 heavy (non-hydrogen) atoms. The van der Waals surface area contributed by atoms with E-state index in [4.69, 9.17) is 9.47 Å². The highest BCUT2D eigenvalue weighted by molar-refractivity contribution is 8.02. The molecule has 7 nitrogen and oxygen atoms in total. The lowest BCUT2D eigenvalue weighted by Crippen LogP contribution is -2.22. The molecule has 1 aliphatic heterocycles. The lowest BCUT2D eigenvalue weighted by molar-refractivity contribution is -0.115. The van der Waals surface area contributed by atoms with Crippen LogP contribution >= 0.6 is 23.1 Å². The van der Waals surface area contributed by atoms with E-state index in [0.717, 1.165) is 46.9 Å². The van der Waals surface area contributed by atoms with Crippen molar-refractivity contribution in [2.24, 2.45) is 0 Å². The van der Waals surface area contributed by atoms with Crippen LogP contribution in [0.4, 0.5) is 10.8 Å². The molecule has 146 valence electrons. The molecule has 0 saturated carbocycles. The largest absolute Gasteiger partial charge is 0.494 e. The van der Waals surface area contributed by atoms with Crippen molar-refractivity contribution in [3.8, 4) is 5.75 Å². The molecule has 2 atom stereocenters. The average molecular weight is 409 g/mol. The normalized spacial score (nSPS) is 17.5. The summed E-state index contributed by atoms with van der Waals surface area (Å²) in [6, 6.07) is 7.35. The molecular weight excluding hydrogens is 384 g/mol. The van der Waals surface area contributed by atoms with E-state index in [1.807, 2.05) is 38.1 Å². The summed E-state index contributed by atoms with van der Waals surface area (Å²) in [6.07, 6.45) is 2.45. The van der Waals surface area contributed by atoms with E-state index in [9.17, 15) is 4.79 Å². The minimum absolute atomic E-state index is 0.0757. The molecule has 0 spiro atoms. The average Bonchev–Trinajstić information content (AvgIpc) is 3.33. The lowest BCUT2D eigenvalue weighted by atomic mass is 10.2. The van der Waals surface area contributed by atoms with Crippen LogP contribution in [0.5, 0.6) is 5.75 Å². The van der Waals surface area contributed by atoms with Gasteiger partial charge < -0.3 is 20.1 Å². The molecule has 1 amide bonds. The van der Waals surface area contributed by atoms with Gasteiger partial charge in [0.15, 0.2) is 4.34 Å². The number of amides is 1. The van der Waals surface area contributed by atoms with Gasteiger partial charge in [0.1, 0.15) is 5.75 Å². The van der Waals surface area contributed by atoms with E-state index < -0.39 is 0 Å². The third kappa shape index (κ3) is 6.08. The van der Waals surface area contributed by atoms with Crippen molar-refractivity contribution in [2.45, 2.75) is 42.4 Å². The fraction of sp³-hybridized carbons (Fsp3) is 0.500. The van der Waals surface area contributed by atoms with Gasteiger partial charge in [0.05, 0.1) is 18.0 Å². The lowest BCUT2D eigenvalue weighted by Gasteiger charge is -2.11. The van der Waals surface area contributed by atoms with Gasteiger partial charge in [-0.15, -0.1) is 10.2 Å². The van der Waals surface area contributed by atoms with E-state index >= 15 is 0 Å². The van der Waals surface area contributed by atoms with Gasteiger partial charge in [0.25, 0.3) is 0 Å². The van der Waals surface area contributed by atoms with Crippen molar-refractivity contribution >= 4 is 39.8 Å². The number of ether oxygens (including phenoxy) is 2. The van der Waals surface area contributed by atoms with Crippen molar-refractivity contribution in [1.29, 1.82) is 0 Å². The highest BCUT2D eigenvalue weighted by Crippen LogP contribution is 2.29. The zero-order chi connectivity index (χ0) is 19.1. The molecule has 2 unspecified atom stereocenters. The summed E-state index contributed by atoms with van der Waals surface area (Å²) in [4.78, 5) is 12.4. The van der Waals surface area contributed by atoms with Gasteiger partial charge in [-0.2, -0.15) is 0 Å². The molecule has 2 aromatic rings. The van der Waals surface area contributed by atoms with Gasteiger partial charge in [-0.3, -0.25) is 4.79 Å². The standard InChI is InChI=1S/C18H24N4O3S2/c1-3-24-14-8-6-13(7-9-14)20-16(23)12(2)26-18-22-21-17(27-18)19-11-15-5-4-10-25-15/h6-9,12,15H,3-5,10-11H2,1-2H3,(H,19,21)(H,20,23). The molecule has 1 aromatic carbocycles. The minimum Gasteiger partial charge on any atom is -0.494 e. The smallest absolute Gasteiger partial charge is 0.237 e. The Hall–Kier alpha value is -1.84. The number of aromatic nitrogens is 2. The summed E-state index contributed by atoms with van der Waals surface area (Å²) in [6.45, 7) is 5.99. The quantitative estimate of drug-likeness (QED) is 0.613. The Morgan fingerprint density at radius 2 is 2.22 bits per heavy atom. The third-order valence-corrected chi connectivity index (χ3v) is 6.06. The summed E-state index contributed by atoms with van der Waals surface area (Å²) in [5.74, 6) is 0.711. The van der Waals surface area contributed by atoms with Gasteiger partial charge in [-0.05, 0) is 51.0 Å². The van der Waals surface area contributed by atoms with Crippen LogP contribution < -0.4 is 15.4 Å². The van der Waals surface area contributed by atoms with E-state index in [1.54, 1.807) is 0 Å². The number of hydrogen-bond acceptors (Lipinski definition) is 8. The molecule has 1 aliphatic rings. The molecule has 0 radical (unpaired) electrons. The molecular formula is C18H24N4O3S2. The SMILES string of the molecule is CCOc1ccc(NC(=O)C(C)Sc2nnc(NCC3CCCO3)s2)cc1. The fourth-order valence-electron chi connectivity index (χ4n) is 2.59. The number of anilines is 2. The highest BCUT2D eigenvalue weighted by atomic mass is 32.2. The van der Waals surface area contributed by atoms with Crippen molar-refractivity contribution in [2.75, 3.05) is 30.4 Å². The van der Waals surface area contributed by atoms with Gasteiger partial charge in [0, 0.05) is 18.8 Å². The minimum atomic E-state index is -0.282. The molecule has 1 aromatic heterocycles. The molecule has 0 bridgehead atoms. The predicted molar refractivity (Wildman–Crippen MR) is 109 cm³/mol. The fourth-order valence-corrected chi connectivity index (χ4v) is 4.49. The maximum atomic E-state index is 12.4. The van der Waals surface area contributed by atoms with Crippen LogP contribution in [0.1, 0.15) is 26.7 Å². The first-order valence-electron chi connectivity index (χ1n) is 9.03. The summed E-state index contributed by atoms with van der Waals surface area (Å²) in [7, 11) is 0. The maximum Gasteiger partial charge on any atom is 0.237 e. The molecule has 2 heterocycles. The Morgan fingerprint density at radius 1 is 1.41 bits per heavy atom. The first-order chi connectivity index (χ1) is 13.1. The zero-order valence-electron chi connectivity index (χ0n) is 15.4. The summed E-state index contributed by atoms with van der Waals surface area (Å²) in [5, 5.41) is 14.9. The van der Waals surface area contributed by atoms with E-state index in [2.05, 4.69) is 20.8 Å². The first-order valence-corrected chi connectivity index (χ1v) is 10.7. The second-order valence-corrected chi connectivity index (χ2v) is 8.66. The van der Waals surface area contributed by atoms with Gasteiger partial charge in [-0.25, -0.2) is 0 Å². The number of nitrogens with one attached hydrogen (secondary N) is 2. The topological polar surface area (TPSA) is 85.4 Å². The molecule has 0 aliphatic carbocycles. The highest BCUT2D eigenvalue weighted by Gasteiger charge is 2.19. The van der Waals surface area contributed by atoms with Crippen LogP contribution in [0.3, 0.4) is 0 Å². The number of carbonyl (C=O) groups is 1. The Kier molecular flexibility index (Phi) is 7.31. The van der Waals surface area contributed by atoms with Crippen LogP contribution in [-0.4, -0.2) is 47.2 Å². The monoisotopic (exact) mass is 408 g/mol. The van der Waals surface area contributed by atoms with Crippen molar-refractivity contribution < 1.29 is 14.3 Å². The number of hydrogen-bond donors (Lipinski definition) is 2. The Labute approximate surface area is 167 Å². The van der Waals surface area contributed by atoms with Crippen LogP contribution in [0.2, 0.25) is 0 Å². The molecule has 3 rings (SSSR count). The van der Waals surface area contributed by atoms with Gasteiger partial charge in [-0.1, -0.05) is 23.1 Å². The van der Waals surface area contributed by atoms with Crippen LogP contribution in [-0.2, 0) is 9.53 Å². The van der Waals surface area contributed by atoms with E-state index in [0.29, 0.717) is 6.61 Å². The predicted octanol–water partition coefficient (Wildman–Crippen LogP) is 3.65. The second kappa shape index (κ2) is 9.91. The molecule has 1 saturated heterocycles. The Bertz CT molecular complexity index is 732. The first kappa shape index (κ1) is 19.9. The number of carbonyl (C=O) groups excluding carboxylic acids is 1. The molecule has 9 heteroatoms. The second-order valence-electron chi connectivity index (χ2n) is 6.10.